The van der Waals surface area contributed by atoms with Crippen molar-refractivity contribution in [3.8, 4) is 5.95 Å². The van der Waals surface area contributed by atoms with Crippen LogP contribution >= 0.6 is 0 Å². The molecule has 0 aliphatic carbocycles. The Kier molecular flexibility index (Phi) is 2.03. The van der Waals surface area contributed by atoms with E-state index in [0.29, 0.717) is 18.3 Å². The van der Waals surface area contributed by atoms with Crippen LogP contribution in [-0.4, -0.2) is 11.6 Å². The zero-order valence-corrected chi connectivity index (χ0v) is 8.93. The van der Waals surface area contributed by atoms with Crippen LogP contribution < -0.4 is 4.74 Å². The third-order valence-electron chi connectivity index (χ3n) is 2.47. The van der Waals surface area contributed by atoms with Crippen LogP contribution in [0.5, 0.6) is 5.95 Å². The summed E-state index contributed by atoms with van der Waals surface area (Å²) in [5, 5.41) is 2.08. The number of para-hydroxylation sites is 1. The summed E-state index contributed by atoms with van der Waals surface area (Å²) in [4.78, 5) is 4.43. The number of hydrogen-bond donors (Lipinski definition) is 0. The van der Waals surface area contributed by atoms with E-state index in [9.17, 15) is 0 Å². The van der Waals surface area contributed by atoms with Gasteiger partial charge in [-0.3, -0.25) is 0 Å². The molecule has 3 rings (SSSR count). The summed E-state index contributed by atoms with van der Waals surface area (Å²) in [7, 11) is 0. The van der Waals surface area contributed by atoms with Crippen molar-refractivity contribution < 1.29 is 9.15 Å². The topological polar surface area (TPSA) is 35.3 Å². The van der Waals surface area contributed by atoms with Crippen LogP contribution in [0.25, 0.3) is 22.0 Å². The molecule has 0 aliphatic heterocycles. The monoisotopic (exact) mass is 213 g/mol. The Morgan fingerprint density at radius 2 is 2.06 bits per heavy atom. The van der Waals surface area contributed by atoms with Crippen molar-refractivity contribution in [2.45, 2.75) is 6.92 Å². The molecule has 80 valence electrons. The van der Waals surface area contributed by atoms with Gasteiger partial charge in [-0.05, 0) is 19.1 Å². The smallest absolute Gasteiger partial charge is 0.286 e. The fourth-order valence-corrected chi connectivity index (χ4v) is 1.76. The van der Waals surface area contributed by atoms with E-state index in [2.05, 4.69) is 11.1 Å². The minimum absolute atomic E-state index is 0.528. The van der Waals surface area contributed by atoms with Gasteiger partial charge in [0.25, 0.3) is 5.95 Å². The van der Waals surface area contributed by atoms with E-state index in [1.807, 2.05) is 37.3 Å². The summed E-state index contributed by atoms with van der Waals surface area (Å²) in [6.07, 6.45) is 0. The Bertz CT molecular complexity index is 590. The van der Waals surface area contributed by atoms with Gasteiger partial charge >= 0.3 is 0 Å². The number of furan rings is 1. The van der Waals surface area contributed by atoms with E-state index in [1.165, 1.54) is 0 Å². The van der Waals surface area contributed by atoms with E-state index in [0.717, 1.165) is 16.3 Å². The molecule has 0 spiro atoms. The first kappa shape index (κ1) is 9.21. The molecular formula is C13H11NO2. The summed E-state index contributed by atoms with van der Waals surface area (Å²) >= 11 is 0. The van der Waals surface area contributed by atoms with Crippen molar-refractivity contribution in [2.24, 2.45) is 0 Å². The van der Waals surface area contributed by atoms with Crippen molar-refractivity contribution in [2.75, 3.05) is 6.61 Å². The van der Waals surface area contributed by atoms with Crippen molar-refractivity contribution in [1.82, 2.24) is 4.98 Å². The lowest BCUT2D eigenvalue weighted by atomic mass is 10.2. The number of benzene rings is 1. The number of ether oxygens (including phenoxy) is 1. The molecule has 0 bridgehead atoms. The summed E-state index contributed by atoms with van der Waals surface area (Å²) in [6, 6.07) is 11.9. The predicted molar refractivity (Wildman–Crippen MR) is 62.7 cm³/mol. The molecule has 0 amide bonds. The van der Waals surface area contributed by atoms with Crippen LogP contribution in [0.4, 0.5) is 0 Å². The maximum atomic E-state index is 5.48. The lowest BCUT2D eigenvalue weighted by Crippen LogP contribution is -1.87. The fraction of sp³-hybridized carbons (Fsp3) is 0.154. The highest BCUT2D eigenvalue weighted by Crippen LogP contribution is 2.26. The van der Waals surface area contributed by atoms with Crippen LogP contribution in [-0.2, 0) is 0 Å². The van der Waals surface area contributed by atoms with Crippen molar-refractivity contribution >= 4 is 22.0 Å². The number of pyridine rings is 1. The van der Waals surface area contributed by atoms with Gasteiger partial charge in [0.05, 0.1) is 12.1 Å². The highest BCUT2D eigenvalue weighted by Gasteiger charge is 2.06. The number of hydrogen-bond acceptors (Lipinski definition) is 3. The largest absolute Gasteiger partial charge is 0.465 e. The van der Waals surface area contributed by atoms with Gasteiger partial charge in [-0.2, -0.15) is 0 Å². The molecule has 3 heteroatoms. The van der Waals surface area contributed by atoms with E-state index < -0.39 is 0 Å². The quantitative estimate of drug-likeness (QED) is 0.654. The van der Waals surface area contributed by atoms with Crippen molar-refractivity contribution in [1.29, 1.82) is 0 Å². The van der Waals surface area contributed by atoms with Crippen LogP contribution in [0.2, 0.25) is 0 Å². The second-order valence-electron chi connectivity index (χ2n) is 3.57. The SMILES string of the molecule is CCOc1cc2cc3ccccc3nc2o1. The minimum atomic E-state index is 0.528. The molecular weight excluding hydrogens is 202 g/mol. The Hall–Kier alpha value is -2.03. The van der Waals surface area contributed by atoms with Gasteiger partial charge < -0.3 is 9.15 Å². The fourth-order valence-electron chi connectivity index (χ4n) is 1.76. The third kappa shape index (κ3) is 1.41. The molecule has 0 atom stereocenters. The highest BCUT2D eigenvalue weighted by molar-refractivity contribution is 5.90. The molecule has 0 radical (unpaired) electrons. The Labute approximate surface area is 92.7 Å². The molecule has 3 aromatic rings. The molecule has 0 fully saturated rings. The first-order valence-electron chi connectivity index (χ1n) is 5.29. The summed E-state index contributed by atoms with van der Waals surface area (Å²) in [5.41, 5.74) is 1.56. The summed E-state index contributed by atoms with van der Waals surface area (Å²) in [6.45, 7) is 2.52. The number of nitrogens with zero attached hydrogens (tertiary/aromatic N) is 1. The Morgan fingerprint density at radius 3 is 2.94 bits per heavy atom. The second kappa shape index (κ2) is 3.52. The zero-order chi connectivity index (χ0) is 11.0. The number of rotatable bonds is 2. The van der Waals surface area contributed by atoms with Gasteiger partial charge in [-0.1, -0.05) is 18.2 Å². The molecule has 3 nitrogen and oxygen atoms in total. The molecule has 0 unspecified atom stereocenters. The minimum Gasteiger partial charge on any atom is -0.465 e. The molecule has 0 saturated carbocycles. The van der Waals surface area contributed by atoms with Crippen LogP contribution in [0.15, 0.2) is 40.8 Å². The van der Waals surface area contributed by atoms with Crippen LogP contribution in [0, 0.1) is 0 Å². The highest BCUT2D eigenvalue weighted by atomic mass is 16.6. The average Bonchev–Trinajstić information content (AvgIpc) is 2.67. The molecule has 16 heavy (non-hydrogen) atoms. The van der Waals surface area contributed by atoms with E-state index in [-0.39, 0.29) is 0 Å². The molecule has 2 heterocycles. The molecule has 0 saturated heterocycles. The maximum Gasteiger partial charge on any atom is 0.286 e. The molecule has 0 N–H and O–H groups in total. The maximum absolute atomic E-state index is 5.48. The van der Waals surface area contributed by atoms with Gasteiger partial charge in [0.1, 0.15) is 0 Å². The molecule has 1 aromatic carbocycles. The first-order valence-corrected chi connectivity index (χ1v) is 5.29. The van der Waals surface area contributed by atoms with Crippen LogP contribution in [0.1, 0.15) is 6.92 Å². The summed E-state index contributed by atoms with van der Waals surface area (Å²) in [5.74, 6) is 0.528. The van der Waals surface area contributed by atoms with Gasteiger partial charge in [0.15, 0.2) is 0 Å². The lowest BCUT2D eigenvalue weighted by molar-refractivity contribution is 0.264. The second-order valence-corrected chi connectivity index (χ2v) is 3.57. The number of fused-ring (bicyclic) bond motifs is 2. The van der Waals surface area contributed by atoms with Gasteiger partial charge in [-0.25, -0.2) is 4.98 Å². The first-order chi connectivity index (χ1) is 7.86. The molecule has 0 aliphatic rings. The van der Waals surface area contributed by atoms with Crippen LogP contribution in [0.3, 0.4) is 0 Å². The van der Waals surface area contributed by atoms with Gasteiger partial charge in [-0.15, -0.1) is 0 Å². The standard InChI is InChI=1S/C13H11NO2/c1-2-15-12-8-10-7-9-5-3-4-6-11(9)14-13(10)16-12/h3-8H,2H2,1H3. The van der Waals surface area contributed by atoms with Gasteiger partial charge in [0, 0.05) is 16.8 Å². The van der Waals surface area contributed by atoms with E-state index >= 15 is 0 Å². The van der Waals surface area contributed by atoms with E-state index in [4.69, 9.17) is 9.15 Å². The Balaban J connectivity index is 2.25. The number of aromatic nitrogens is 1. The zero-order valence-electron chi connectivity index (χ0n) is 8.93. The molecule has 2 aromatic heterocycles. The Morgan fingerprint density at radius 1 is 1.19 bits per heavy atom. The lowest BCUT2D eigenvalue weighted by Gasteiger charge is -1.95. The summed E-state index contributed by atoms with van der Waals surface area (Å²) < 4.78 is 10.8. The normalized spacial score (nSPS) is 11.1. The third-order valence-corrected chi connectivity index (χ3v) is 2.47. The van der Waals surface area contributed by atoms with Gasteiger partial charge in [0.2, 0.25) is 5.71 Å². The predicted octanol–water partition coefficient (Wildman–Crippen LogP) is 3.38. The average molecular weight is 213 g/mol. The van der Waals surface area contributed by atoms with Crippen molar-refractivity contribution in [3.63, 3.8) is 0 Å². The van der Waals surface area contributed by atoms with E-state index in [1.54, 1.807) is 0 Å². The van der Waals surface area contributed by atoms with Crippen molar-refractivity contribution in [3.05, 3.63) is 36.4 Å².